The molecule has 3 rings (SSSR count). The largest absolute Gasteiger partial charge is 0.338 e. The highest BCUT2D eigenvalue weighted by Gasteiger charge is 2.38. The first kappa shape index (κ1) is 11.3. The maximum Gasteiger partial charge on any atom is 0.253 e. The van der Waals surface area contributed by atoms with Gasteiger partial charge in [0.2, 0.25) is 0 Å². The molecule has 1 amide bonds. The van der Waals surface area contributed by atoms with Crippen LogP contribution in [0.15, 0.2) is 24.3 Å². The zero-order valence-corrected chi connectivity index (χ0v) is 10.3. The number of nitriles is 1. The van der Waals surface area contributed by atoms with Gasteiger partial charge < -0.3 is 4.90 Å². The van der Waals surface area contributed by atoms with Crippen molar-refractivity contribution in [2.24, 2.45) is 11.8 Å². The fourth-order valence-corrected chi connectivity index (χ4v) is 3.31. The summed E-state index contributed by atoms with van der Waals surface area (Å²) >= 11 is 0. The fourth-order valence-electron chi connectivity index (χ4n) is 3.31. The van der Waals surface area contributed by atoms with Crippen molar-refractivity contribution in [1.29, 1.82) is 5.26 Å². The lowest BCUT2D eigenvalue weighted by Gasteiger charge is -2.17. The van der Waals surface area contributed by atoms with Gasteiger partial charge in [0.1, 0.15) is 0 Å². The summed E-state index contributed by atoms with van der Waals surface area (Å²) < 4.78 is 0. The monoisotopic (exact) mass is 240 g/mol. The summed E-state index contributed by atoms with van der Waals surface area (Å²) in [6.07, 6.45) is 3.86. The molecule has 0 spiro atoms. The molecule has 1 heterocycles. The molecule has 2 atom stereocenters. The zero-order valence-electron chi connectivity index (χ0n) is 10.3. The normalized spacial score (nSPS) is 25.8. The Kier molecular flexibility index (Phi) is 2.79. The van der Waals surface area contributed by atoms with Gasteiger partial charge in [0.25, 0.3) is 5.91 Å². The summed E-state index contributed by atoms with van der Waals surface area (Å²) in [6.45, 7) is 1.81. The highest BCUT2D eigenvalue weighted by Crippen LogP contribution is 2.38. The molecule has 2 aliphatic rings. The van der Waals surface area contributed by atoms with Gasteiger partial charge in [-0.05, 0) is 42.9 Å². The van der Waals surface area contributed by atoms with Crippen molar-refractivity contribution < 1.29 is 4.79 Å². The highest BCUT2D eigenvalue weighted by molar-refractivity contribution is 5.94. The second-order valence-electron chi connectivity index (χ2n) is 5.35. The van der Waals surface area contributed by atoms with E-state index in [9.17, 15) is 4.79 Å². The summed E-state index contributed by atoms with van der Waals surface area (Å²) in [6, 6.07) is 9.09. The molecule has 2 unspecified atom stereocenters. The molecule has 1 aromatic rings. The number of hydrogen-bond acceptors (Lipinski definition) is 2. The minimum absolute atomic E-state index is 0.0847. The first-order chi connectivity index (χ1) is 8.78. The molecular weight excluding hydrogens is 224 g/mol. The predicted molar refractivity (Wildman–Crippen MR) is 67.9 cm³/mol. The first-order valence-electron chi connectivity index (χ1n) is 6.57. The summed E-state index contributed by atoms with van der Waals surface area (Å²) in [5.74, 6) is 1.52. The van der Waals surface area contributed by atoms with Crippen molar-refractivity contribution in [3.63, 3.8) is 0 Å². The number of carbonyl (C=O) groups excluding carboxylic acids is 1. The Morgan fingerprint density at radius 2 is 2.00 bits per heavy atom. The summed E-state index contributed by atoms with van der Waals surface area (Å²) in [5.41, 5.74) is 1.20. The molecule has 0 bridgehead atoms. The van der Waals surface area contributed by atoms with E-state index in [1.807, 2.05) is 4.90 Å². The zero-order chi connectivity index (χ0) is 12.5. The quantitative estimate of drug-likeness (QED) is 0.756. The third kappa shape index (κ3) is 1.88. The average molecular weight is 240 g/mol. The average Bonchev–Trinajstić information content (AvgIpc) is 2.98. The van der Waals surface area contributed by atoms with E-state index in [-0.39, 0.29) is 5.91 Å². The van der Waals surface area contributed by atoms with Crippen molar-refractivity contribution in [3.8, 4) is 6.07 Å². The van der Waals surface area contributed by atoms with E-state index in [1.54, 1.807) is 24.3 Å². The van der Waals surface area contributed by atoms with Crippen LogP contribution in [-0.2, 0) is 0 Å². The molecule has 92 valence electrons. The van der Waals surface area contributed by atoms with E-state index in [0.29, 0.717) is 23.0 Å². The minimum atomic E-state index is 0.0847. The van der Waals surface area contributed by atoms with E-state index in [2.05, 4.69) is 6.07 Å². The molecular formula is C15H16N2O. The molecule has 3 heteroatoms. The van der Waals surface area contributed by atoms with Crippen LogP contribution in [0.4, 0.5) is 0 Å². The number of amides is 1. The van der Waals surface area contributed by atoms with Crippen LogP contribution in [0.3, 0.4) is 0 Å². The van der Waals surface area contributed by atoms with Gasteiger partial charge in [-0.25, -0.2) is 0 Å². The summed E-state index contributed by atoms with van der Waals surface area (Å²) in [7, 11) is 0. The van der Waals surface area contributed by atoms with Crippen molar-refractivity contribution >= 4 is 5.91 Å². The van der Waals surface area contributed by atoms with Gasteiger partial charge in [-0.3, -0.25) is 4.79 Å². The van der Waals surface area contributed by atoms with E-state index in [1.165, 1.54) is 19.3 Å². The van der Waals surface area contributed by atoms with E-state index >= 15 is 0 Å². The Hall–Kier alpha value is -1.82. The standard InChI is InChI=1S/C15H16N2O/c16-8-11-3-1-4-12(7-11)15(18)17-9-13-5-2-6-14(13)10-17/h1,3-4,7,13-14H,2,5-6,9-10H2. The van der Waals surface area contributed by atoms with Crippen LogP contribution in [0.2, 0.25) is 0 Å². The van der Waals surface area contributed by atoms with E-state index in [4.69, 9.17) is 5.26 Å². The molecule has 1 saturated heterocycles. The van der Waals surface area contributed by atoms with Crippen LogP contribution in [0.1, 0.15) is 35.2 Å². The van der Waals surface area contributed by atoms with Gasteiger partial charge in [0, 0.05) is 18.7 Å². The van der Waals surface area contributed by atoms with Crippen molar-refractivity contribution in [2.75, 3.05) is 13.1 Å². The van der Waals surface area contributed by atoms with Gasteiger partial charge in [-0.15, -0.1) is 0 Å². The molecule has 1 aromatic carbocycles. The number of nitrogens with zero attached hydrogens (tertiary/aromatic N) is 2. The van der Waals surface area contributed by atoms with E-state index < -0.39 is 0 Å². The van der Waals surface area contributed by atoms with Gasteiger partial charge in [0.15, 0.2) is 0 Å². The van der Waals surface area contributed by atoms with Crippen molar-refractivity contribution in [3.05, 3.63) is 35.4 Å². The molecule has 2 fully saturated rings. The molecule has 0 N–H and O–H groups in total. The lowest BCUT2D eigenvalue weighted by atomic mass is 10.0. The van der Waals surface area contributed by atoms with Crippen LogP contribution in [0.25, 0.3) is 0 Å². The second kappa shape index (κ2) is 4.45. The molecule has 1 aliphatic heterocycles. The van der Waals surface area contributed by atoms with Gasteiger partial charge in [-0.1, -0.05) is 12.5 Å². The number of benzene rings is 1. The van der Waals surface area contributed by atoms with Gasteiger partial charge in [0.05, 0.1) is 11.6 Å². The number of fused-ring (bicyclic) bond motifs is 1. The molecule has 1 saturated carbocycles. The summed E-state index contributed by atoms with van der Waals surface area (Å²) in [4.78, 5) is 14.3. The topological polar surface area (TPSA) is 44.1 Å². The minimum Gasteiger partial charge on any atom is -0.338 e. The molecule has 0 radical (unpaired) electrons. The lowest BCUT2D eigenvalue weighted by molar-refractivity contribution is 0.0780. The van der Waals surface area contributed by atoms with Crippen LogP contribution in [0, 0.1) is 23.2 Å². The highest BCUT2D eigenvalue weighted by atomic mass is 16.2. The Morgan fingerprint density at radius 3 is 2.67 bits per heavy atom. The van der Waals surface area contributed by atoms with Crippen molar-refractivity contribution in [1.82, 2.24) is 4.90 Å². The Balaban J connectivity index is 1.77. The third-order valence-corrected chi connectivity index (χ3v) is 4.25. The number of likely N-dealkylation sites (tertiary alicyclic amines) is 1. The van der Waals surface area contributed by atoms with Crippen LogP contribution in [0.5, 0.6) is 0 Å². The Labute approximate surface area is 107 Å². The number of carbonyl (C=O) groups is 1. The van der Waals surface area contributed by atoms with Crippen molar-refractivity contribution in [2.45, 2.75) is 19.3 Å². The smallest absolute Gasteiger partial charge is 0.253 e. The van der Waals surface area contributed by atoms with E-state index in [0.717, 1.165) is 13.1 Å². The van der Waals surface area contributed by atoms with Crippen LogP contribution < -0.4 is 0 Å². The lowest BCUT2D eigenvalue weighted by Crippen LogP contribution is -2.29. The maximum atomic E-state index is 12.4. The predicted octanol–water partition coefficient (Wildman–Crippen LogP) is 2.43. The first-order valence-corrected chi connectivity index (χ1v) is 6.57. The molecule has 18 heavy (non-hydrogen) atoms. The molecule has 1 aliphatic carbocycles. The van der Waals surface area contributed by atoms with Gasteiger partial charge in [-0.2, -0.15) is 5.26 Å². The van der Waals surface area contributed by atoms with Crippen LogP contribution >= 0.6 is 0 Å². The Bertz CT molecular complexity index is 505. The molecule has 0 aromatic heterocycles. The third-order valence-electron chi connectivity index (χ3n) is 4.25. The summed E-state index contributed by atoms with van der Waals surface area (Å²) in [5, 5.41) is 8.87. The van der Waals surface area contributed by atoms with Gasteiger partial charge >= 0.3 is 0 Å². The van der Waals surface area contributed by atoms with Crippen LogP contribution in [-0.4, -0.2) is 23.9 Å². The Morgan fingerprint density at radius 1 is 1.28 bits per heavy atom. The number of hydrogen-bond donors (Lipinski definition) is 0. The number of rotatable bonds is 1. The molecule has 3 nitrogen and oxygen atoms in total. The second-order valence-corrected chi connectivity index (χ2v) is 5.35. The fraction of sp³-hybridized carbons (Fsp3) is 0.467. The maximum absolute atomic E-state index is 12.4. The SMILES string of the molecule is N#Cc1cccc(C(=O)N2CC3CCCC3C2)c1.